The molecule has 1 amide bonds. The summed E-state index contributed by atoms with van der Waals surface area (Å²) in [7, 11) is -4.67. The number of phosphoric acid groups is 1. The van der Waals surface area contributed by atoms with E-state index in [4.69, 9.17) is 9.79 Å². The summed E-state index contributed by atoms with van der Waals surface area (Å²) in [6.45, 7) is 0. The highest BCUT2D eigenvalue weighted by molar-refractivity contribution is 7.46. The molecule has 8 heteroatoms. The van der Waals surface area contributed by atoms with Crippen molar-refractivity contribution in [2.75, 3.05) is 5.32 Å². The summed E-state index contributed by atoms with van der Waals surface area (Å²) in [4.78, 5) is 33.3. The van der Waals surface area contributed by atoms with Crippen LogP contribution in [0, 0.1) is 0 Å². The van der Waals surface area contributed by atoms with Crippen LogP contribution in [0.3, 0.4) is 0 Å². The molecule has 0 fully saturated rings. The number of H-pyrrole nitrogens is 1. The summed E-state index contributed by atoms with van der Waals surface area (Å²) in [6, 6.07) is 12.1. The van der Waals surface area contributed by atoms with E-state index < -0.39 is 7.82 Å². The number of aromatic amines is 1. The van der Waals surface area contributed by atoms with Gasteiger partial charge in [0.1, 0.15) is 5.75 Å². The second kappa shape index (κ2) is 5.60. The van der Waals surface area contributed by atoms with Crippen LogP contribution in [0.25, 0.3) is 22.6 Å². The molecule has 126 valence electrons. The van der Waals surface area contributed by atoms with Gasteiger partial charge in [0.15, 0.2) is 0 Å². The number of phosphoric ester groups is 1. The number of fused-ring (bicyclic) bond motifs is 2. The van der Waals surface area contributed by atoms with Crippen LogP contribution in [-0.2, 0) is 9.36 Å². The maximum atomic E-state index is 12.3. The van der Waals surface area contributed by atoms with Crippen molar-refractivity contribution in [2.45, 2.75) is 0 Å². The quantitative estimate of drug-likeness (QED) is 0.426. The lowest BCUT2D eigenvalue weighted by Crippen LogP contribution is -2.03. The van der Waals surface area contributed by atoms with Crippen LogP contribution >= 0.6 is 7.82 Å². The van der Waals surface area contributed by atoms with E-state index in [1.54, 1.807) is 18.3 Å². The molecule has 1 aliphatic heterocycles. The first-order valence-electron chi connectivity index (χ1n) is 7.39. The molecule has 2 aromatic carbocycles. The zero-order chi connectivity index (χ0) is 17.6. The molecule has 7 nitrogen and oxygen atoms in total. The number of aromatic nitrogens is 1. The molecule has 3 aromatic rings. The van der Waals surface area contributed by atoms with E-state index in [0.717, 1.165) is 16.5 Å². The highest BCUT2D eigenvalue weighted by Crippen LogP contribution is 2.42. The molecular formula is C17H13N2O5P. The SMILES string of the molecule is O=C1Nc2ccc(OP(=O)(O)O)cc2/C1=C\c1c[nH]c2ccccc12. The molecule has 1 aliphatic rings. The second-order valence-corrected chi connectivity index (χ2v) is 6.75. The molecule has 0 saturated carbocycles. The van der Waals surface area contributed by atoms with Crippen LogP contribution in [0.2, 0.25) is 0 Å². The smallest absolute Gasteiger partial charge is 0.404 e. The Balaban J connectivity index is 1.81. The third kappa shape index (κ3) is 2.96. The van der Waals surface area contributed by atoms with Crippen molar-refractivity contribution >= 4 is 42.0 Å². The Morgan fingerprint density at radius 3 is 2.72 bits per heavy atom. The van der Waals surface area contributed by atoms with Gasteiger partial charge < -0.3 is 14.8 Å². The lowest BCUT2D eigenvalue weighted by molar-refractivity contribution is -0.110. The molecule has 25 heavy (non-hydrogen) atoms. The Morgan fingerprint density at radius 2 is 1.92 bits per heavy atom. The van der Waals surface area contributed by atoms with Crippen LogP contribution in [0.4, 0.5) is 5.69 Å². The van der Waals surface area contributed by atoms with E-state index in [0.29, 0.717) is 16.8 Å². The van der Waals surface area contributed by atoms with Crippen molar-refractivity contribution in [3.05, 3.63) is 59.8 Å². The molecule has 4 rings (SSSR count). The van der Waals surface area contributed by atoms with Gasteiger partial charge in [-0.3, -0.25) is 14.6 Å². The summed E-state index contributed by atoms with van der Waals surface area (Å²) >= 11 is 0. The van der Waals surface area contributed by atoms with Gasteiger partial charge in [-0.2, -0.15) is 0 Å². The van der Waals surface area contributed by atoms with Crippen molar-refractivity contribution < 1.29 is 23.7 Å². The summed E-state index contributed by atoms with van der Waals surface area (Å²) in [5, 5.41) is 3.70. The molecular weight excluding hydrogens is 343 g/mol. The Kier molecular flexibility index (Phi) is 3.51. The van der Waals surface area contributed by atoms with E-state index in [2.05, 4.69) is 14.8 Å². The zero-order valence-corrected chi connectivity index (χ0v) is 13.7. The average Bonchev–Trinajstić information content (AvgIpc) is 3.08. The van der Waals surface area contributed by atoms with Crippen molar-refractivity contribution in [2.24, 2.45) is 0 Å². The Bertz CT molecular complexity index is 1080. The number of hydrogen-bond donors (Lipinski definition) is 4. The molecule has 0 radical (unpaired) electrons. The number of amides is 1. The highest BCUT2D eigenvalue weighted by atomic mass is 31.2. The van der Waals surface area contributed by atoms with E-state index in [1.807, 2.05) is 24.3 Å². The monoisotopic (exact) mass is 356 g/mol. The van der Waals surface area contributed by atoms with Gasteiger partial charge in [-0.05, 0) is 30.3 Å². The van der Waals surface area contributed by atoms with E-state index >= 15 is 0 Å². The van der Waals surface area contributed by atoms with Crippen molar-refractivity contribution in [1.82, 2.24) is 4.98 Å². The fourth-order valence-electron chi connectivity index (χ4n) is 2.87. The molecule has 0 spiro atoms. The normalized spacial score (nSPS) is 15.4. The van der Waals surface area contributed by atoms with Gasteiger partial charge in [0.05, 0.1) is 0 Å². The topological polar surface area (TPSA) is 112 Å². The van der Waals surface area contributed by atoms with Gasteiger partial charge in [0, 0.05) is 39.5 Å². The third-order valence-electron chi connectivity index (χ3n) is 3.92. The van der Waals surface area contributed by atoms with Crippen LogP contribution < -0.4 is 9.84 Å². The molecule has 0 bridgehead atoms. The first-order valence-corrected chi connectivity index (χ1v) is 8.92. The molecule has 0 saturated heterocycles. The van der Waals surface area contributed by atoms with Gasteiger partial charge in [0.25, 0.3) is 5.91 Å². The van der Waals surface area contributed by atoms with Crippen LogP contribution in [0.1, 0.15) is 11.1 Å². The van der Waals surface area contributed by atoms with Gasteiger partial charge in [-0.1, -0.05) is 18.2 Å². The van der Waals surface area contributed by atoms with Gasteiger partial charge in [-0.25, -0.2) is 4.57 Å². The maximum Gasteiger partial charge on any atom is 0.524 e. The number of rotatable bonds is 3. The number of nitrogens with one attached hydrogen (secondary N) is 2. The summed E-state index contributed by atoms with van der Waals surface area (Å²) < 4.78 is 15.6. The van der Waals surface area contributed by atoms with Gasteiger partial charge >= 0.3 is 7.82 Å². The molecule has 4 N–H and O–H groups in total. The number of benzene rings is 2. The lowest BCUT2D eigenvalue weighted by atomic mass is 10.0. The molecule has 0 atom stereocenters. The third-order valence-corrected chi connectivity index (χ3v) is 4.37. The predicted molar refractivity (Wildman–Crippen MR) is 93.9 cm³/mol. The van der Waals surface area contributed by atoms with E-state index in [1.165, 1.54) is 12.1 Å². The minimum Gasteiger partial charge on any atom is -0.404 e. The minimum atomic E-state index is -4.67. The average molecular weight is 356 g/mol. The zero-order valence-electron chi connectivity index (χ0n) is 12.8. The van der Waals surface area contributed by atoms with Crippen molar-refractivity contribution in [3.8, 4) is 5.75 Å². The largest absolute Gasteiger partial charge is 0.524 e. The minimum absolute atomic E-state index is 0.00610. The van der Waals surface area contributed by atoms with Crippen molar-refractivity contribution in [3.63, 3.8) is 0 Å². The number of hydrogen-bond acceptors (Lipinski definition) is 3. The van der Waals surface area contributed by atoms with Crippen LogP contribution in [0.15, 0.2) is 48.7 Å². The van der Waals surface area contributed by atoms with E-state index in [9.17, 15) is 9.36 Å². The van der Waals surface area contributed by atoms with Gasteiger partial charge in [-0.15, -0.1) is 0 Å². The Morgan fingerprint density at radius 1 is 1.12 bits per heavy atom. The maximum absolute atomic E-state index is 12.3. The van der Waals surface area contributed by atoms with Crippen LogP contribution in [-0.4, -0.2) is 20.7 Å². The first-order chi connectivity index (χ1) is 11.9. The fourth-order valence-corrected chi connectivity index (χ4v) is 3.26. The van der Waals surface area contributed by atoms with Crippen LogP contribution in [0.5, 0.6) is 5.75 Å². The number of para-hydroxylation sites is 1. The highest BCUT2D eigenvalue weighted by Gasteiger charge is 2.26. The lowest BCUT2D eigenvalue weighted by Gasteiger charge is -2.08. The van der Waals surface area contributed by atoms with Gasteiger partial charge in [0.2, 0.25) is 0 Å². The molecule has 2 heterocycles. The first kappa shape index (κ1) is 15.7. The summed E-state index contributed by atoms with van der Waals surface area (Å²) in [5.74, 6) is -0.290. The summed E-state index contributed by atoms with van der Waals surface area (Å²) in [6.07, 6.45) is 3.54. The Hall–Kier alpha value is -2.86. The second-order valence-electron chi connectivity index (χ2n) is 5.59. The molecule has 1 aromatic heterocycles. The number of carbonyl (C=O) groups is 1. The van der Waals surface area contributed by atoms with E-state index in [-0.39, 0.29) is 11.7 Å². The van der Waals surface area contributed by atoms with Crippen molar-refractivity contribution in [1.29, 1.82) is 0 Å². The number of carbonyl (C=O) groups excluding carboxylic acids is 1. The summed E-state index contributed by atoms with van der Waals surface area (Å²) in [5.41, 5.74) is 3.28. The molecule has 0 unspecified atom stereocenters. The predicted octanol–water partition coefficient (Wildman–Crippen LogP) is 3.13. The molecule has 0 aliphatic carbocycles. The number of anilines is 1. The fraction of sp³-hybridized carbons (Fsp3) is 0. The Labute approximate surface area is 142 Å². The standard InChI is InChI=1S/C17H13N2O5P/c20-17-14(7-10-9-18-15-4-2-1-3-12(10)15)13-8-11(24-25(21,22)23)5-6-16(13)19-17/h1-9,18H,(H,19,20)(H2,21,22,23)/b14-7+.